The molecule has 0 bridgehead atoms. The van der Waals surface area contributed by atoms with E-state index in [4.69, 9.17) is 0 Å². The lowest BCUT2D eigenvalue weighted by Crippen LogP contribution is -2.47. The number of hydrogen-bond acceptors (Lipinski definition) is 4. The van der Waals surface area contributed by atoms with Crippen molar-refractivity contribution in [2.24, 2.45) is 0 Å². The first kappa shape index (κ1) is 55.4. The Morgan fingerprint density at radius 3 is 0.943 bits per heavy atom. The predicted octanol–water partition coefficient (Wildman–Crippen LogP) is 20.8. The summed E-state index contributed by atoms with van der Waals surface area (Å²) in [5.41, 5.74) is 12.6. The van der Waals surface area contributed by atoms with Gasteiger partial charge in [0.05, 0.1) is 83.6 Å². The zero-order valence-corrected chi connectivity index (χ0v) is 57.3. The van der Waals surface area contributed by atoms with Crippen LogP contribution in [0.5, 0.6) is 0 Å². The van der Waals surface area contributed by atoms with Crippen molar-refractivity contribution in [2.45, 2.75) is 50.9 Å². The van der Waals surface area contributed by atoms with Crippen LogP contribution in [0.1, 0.15) is 74.1 Å². The van der Waals surface area contributed by atoms with E-state index in [1.165, 1.54) is 4.90 Å². The van der Waals surface area contributed by atoms with Gasteiger partial charge in [0.2, 0.25) is 0 Å². The Morgan fingerprint density at radius 2 is 0.602 bits per heavy atom. The van der Waals surface area contributed by atoms with Crippen molar-refractivity contribution in [2.75, 3.05) is 0 Å². The second kappa shape index (κ2) is 20.4. The first-order chi connectivity index (χ1) is 42.6. The summed E-state index contributed by atoms with van der Waals surface area (Å²) in [6.07, 6.45) is 0.311. The molecule has 10 nitrogen and oxygen atoms in total. The van der Waals surface area contributed by atoms with Crippen LogP contribution in [-0.2, 0) is 0 Å². The van der Waals surface area contributed by atoms with Gasteiger partial charge in [-0.2, -0.15) is 0 Å². The predicted molar refractivity (Wildman–Crippen MR) is 377 cm³/mol. The molecule has 3 aliphatic rings. The molecule has 1 atom stereocenters. The van der Waals surface area contributed by atoms with Gasteiger partial charge in [0.25, 0.3) is 17.7 Å². The number of carbonyl (C=O) groups is 3. The quantitative estimate of drug-likeness (QED) is 0.168. The monoisotopic (exact) mass is 1600 g/mol. The van der Waals surface area contributed by atoms with Crippen LogP contribution in [0.3, 0.4) is 0 Å². The lowest BCUT2D eigenvalue weighted by Gasteiger charge is -2.38. The number of aliphatic hydroxyl groups is 1. The van der Waals surface area contributed by atoms with Crippen molar-refractivity contribution in [3.05, 3.63) is 229 Å². The van der Waals surface area contributed by atoms with Crippen LogP contribution in [0.15, 0.2) is 201 Å². The number of hydrogen-bond donors (Lipinski definition) is 1. The lowest BCUT2D eigenvalue weighted by molar-refractivity contribution is -0.0157. The van der Waals surface area contributed by atoms with Crippen molar-refractivity contribution in [3.63, 3.8) is 0 Å². The van der Waals surface area contributed by atoms with E-state index >= 15 is 14.4 Å². The van der Waals surface area contributed by atoms with Crippen molar-refractivity contribution in [3.8, 4) is 22.7 Å². The fourth-order valence-corrected chi connectivity index (χ4v) is 17.4. The van der Waals surface area contributed by atoms with Gasteiger partial charge in [-0.1, -0.05) is 123 Å². The summed E-state index contributed by atoms with van der Waals surface area (Å²) in [5, 5.41) is 21.4. The second-order valence-corrected chi connectivity index (χ2v) is 29.7. The van der Waals surface area contributed by atoms with E-state index in [-0.39, 0.29) is 17.7 Å². The van der Waals surface area contributed by atoms with E-state index < -0.39 is 18.3 Å². The van der Waals surface area contributed by atoms with Crippen LogP contribution < -0.4 is 0 Å². The first-order valence-electron chi connectivity index (χ1n) is 28.7. The SMILES string of the molecule is Cc1ccc2c(c1)c1cc(Br)ccc1n2-c1ccc(-n2c3ccc(Br)cc3c3cc(Br)ccc32)c2c1C(=O)N(C1CCC(N3C(=O)c4c(-n5c6ccc(Br)cc6c6cc(Br)ccc65)ccc(-n5c6ccc(Br)cc6c6cc(Br)ccc65)c4C3=O)CC1)C2O. The van der Waals surface area contributed by atoms with Gasteiger partial charge in [0.1, 0.15) is 0 Å². The lowest BCUT2D eigenvalue weighted by atomic mass is 9.89. The Bertz CT molecular complexity index is 5140. The van der Waals surface area contributed by atoms with Gasteiger partial charge in [-0.15, -0.1) is 0 Å². The highest BCUT2D eigenvalue weighted by atomic mass is 79.9. The topological polar surface area (TPSA) is 97.6 Å². The number of fused-ring (bicyclic) bond motifs is 14. The molecule has 1 fully saturated rings. The molecular formula is C71H43Br7N6O4. The molecule has 2 aliphatic heterocycles. The van der Waals surface area contributed by atoms with E-state index in [1.54, 1.807) is 4.90 Å². The number of amides is 3. The van der Waals surface area contributed by atoms with Gasteiger partial charge in [-0.25, -0.2) is 0 Å². The number of imide groups is 1. The van der Waals surface area contributed by atoms with E-state index in [0.29, 0.717) is 70.7 Å². The molecule has 430 valence electrons. The van der Waals surface area contributed by atoms with Crippen LogP contribution in [0.4, 0.5) is 0 Å². The van der Waals surface area contributed by atoms with E-state index in [0.717, 1.165) is 124 Å². The Labute approximate surface area is 561 Å². The summed E-state index contributed by atoms with van der Waals surface area (Å²) < 4.78 is 15.1. The molecule has 0 saturated heterocycles. The summed E-state index contributed by atoms with van der Waals surface area (Å²) in [7, 11) is 0. The maximum Gasteiger partial charge on any atom is 0.264 e. The smallest absolute Gasteiger partial charge is 0.264 e. The minimum absolute atomic E-state index is 0.279. The third-order valence-electron chi connectivity index (χ3n) is 18.5. The Hall–Kier alpha value is -6.67. The van der Waals surface area contributed by atoms with Crippen molar-refractivity contribution in [1.82, 2.24) is 28.1 Å². The second-order valence-electron chi connectivity index (χ2n) is 23.3. The Kier molecular flexibility index (Phi) is 12.9. The molecular weight excluding hydrogens is 1560 g/mol. The number of benzene rings is 10. The number of aliphatic hydroxyl groups excluding tert-OH is 1. The maximum atomic E-state index is 16.1. The molecule has 0 spiro atoms. The highest BCUT2D eigenvalue weighted by Gasteiger charge is 2.49. The standard InChI is InChI=1S/C71H43Br7N6O4/c1-34-2-14-52-44(26-34)45-27-35(72)3-15-53(45)81(52)60-22-23-61(82-54-16-4-36(73)28-46(54)47-29-37(74)5-17-55(47)82)65-64(60)68(85)79(69(65)86)42-10-12-43(13-11-42)80-70(87)66-62(83-56-18-6-38(75)30-48(56)49-31-39(76)7-19-57(49)83)24-25-63(67(66)71(80)88)84-58-20-8-40(77)32-50(58)51-33-41(78)9-21-59(51)84/h2-9,14-33,42-43,69,86H,10-13H2,1H3. The molecule has 0 radical (unpaired) electrons. The molecule has 4 aromatic heterocycles. The normalized spacial score (nSPS) is 17.1. The third-order valence-corrected chi connectivity index (χ3v) is 22.0. The summed E-state index contributed by atoms with van der Waals surface area (Å²) in [4.78, 5) is 51.3. The molecule has 17 heteroatoms. The highest BCUT2D eigenvalue weighted by molar-refractivity contribution is 9.11. The number of rotatable bonds is 6. The van der Waals surface area contributed by atoms with E-state index in [9.17, 15) is 5.11 Å². The van der Waals surface area contributed by atoms with Crippen LogP contribution in [0.2, 0.25) is 0 Å². The van der Waals surface area contributed by atoms with Gasteiger partial charge in [0.15, 0.2) is 6.23 Å². The number of aryl methyl sites for hydroxylation is 1. The zero-order chi connectivity index (χ0) is 60.0. The average Bonchev–Trinajstić information content (AvgIpc) is 1.57. The molecule has 17 rings (SSSR count). The molecule has 6 heterocycles. The molecule has 14 aromatic rings. The van der Waals surface area contributed by atoms with Crippen LogP contribution in [-0.4, -0.2) is 63.0 Å². The summed E-state index contributed by atoms with van der Waals surface area (Å²) in [6, 6.07) is 56.8. The molecule has 1 saturated carbocycles. The Balaban J connectivity index is 0.796. The molecule has 88 heavy (non-hydrogen) atoms. The van der Waals surface area contributed by atoms with Crippen LogP contribution in [0, 0.1) is 6.92 Å². The number of aromatic nitrogens is 4. The van der Waals surface area contributed by atoms with Crippen LogP contribution >= 0.6 is 112 Å². The van der Waals surface area contributed by atoms with Crippen LogP contribution in [0.25, 0.3) is 110 Å². The molecule has 1 N–H and O–H groups in total. The Morgan fingerprint density at radius 1 is 0.330 bits per heavy atom. The number of halogens is 7. The molecule has 1 aliphatic carbocycles. The maximum absolute atomic E-state index is 16.1. The molecule has 10 aromatic carbocycles. The fourth-order valence-electron chi connectivity index (χ4n) is 14.9. The van der Waals surface area contributed by atoms with Gasteiger partial charge in [-0.05, 0) is 196 Å². The number of nitrogens with zero attached hydrogens (tertiary/aromatic N) is 6. The summed E-state index contributed by atoms with van der Waals surface area (Å²) in [6.45, 7) is 2.09. The fraction of sp³-hybridized carbons (Fsp3) is 0.113. The molecule has 3 amide bonds. The average molecular weight is 1600 g/mol. The minimum atomic E-state index is -1.34. The van der Waals surface area contributed by atoms with Crippen molar-refractivity contribution < 1.29 is 19.5 Å². The minimum Gasteiger partial charge on any atom is -0.369 e. The summed E-state index contributed by atoms with van der Waals surface area (Å²) in [5.74, 6) is -1.01. The number of carbonyl (C=O) groups excluding carboxylic acids is 3. The van der Waals surface area contributed by atoms with Gasteiger partial charge in [0, 0.05) is 92.0 Å². The van der Waals surface area contributed by atoms with Gasteiger partial charge >= 0.3 is 0 Å². The highest BCUT2D eigenvalue weighted by Crippen LogP contribution is 2.50. The zero-order valence-electron chi connectivity index (χ0n) is 46.2. The third kappa shape index (κ3) is 8.09. The van der Waals surface area contributed by atoms with Crippen molar-refractivity contribution >= 4 is 216 Å². The molecule has 1 unspecified atom stereocenters. The summed E-state index contributed by atoms with van der Waals surface area (Å²) >= 11 is 26.1. The van der Waals surface area contributed by atoms with Crippen molar-refractivity contribution in [1.29, 1.82) is 0 Å². The van der Waals surface area contributed by atoms with E-state index in [2.05, 4.69) is 246 Å². The first-order valence-corrected chi connectivity index (χ1v) is 34.3. The van der Waals surface area contributed by atoms with Gasteiger partial charge < -0.3 is 28.3 Å². The van der Waals surface area contributed by atoms with E-state index in [1.807, 2.05) is 60.7 Å². The largest absolute Gasteiger partial charge is 0.369 e. The van der Waals surface area contributed by atoms with Gasteiger partial charge in [-0.3, -0.25) is 19.3 Å².